The molecule has 15 aromatic rings. The lowest BCUT2D eigenvalue weighted by Gasteiger charge is -2.14. The standard InChI is InChI=1S/C65H38N4O2S/c66-39-40-27-31-48(32-28-40)72(70,71)49-33-29-47(30-34-49)69-64-58(50-23-11-13-25-52(50)62-60(64)54-35-41-15-7-9-17-43(41)37-56(54)67(62)45-19-3-1-4-20-45)59-51-24-12-14-26-53(51)63-61(65(59)69)55-36-42-16-8-10-18-44(42)38-57(55)68(63)46-21-5-2-6-22-46/h1-38H. The summed E-state index contributed by atoms with van der Waals surface area (Å²) in [5.41, 5.74) is 9.79. The van der Waals surface area contributed by atoms with E-state index in [-0.39, 0.29) is 9.79 Å². The number of fused-ring (bicyclic) bond motifs is 19. The second-order valence-electron chi connectivity index (χ2n) is 18.7. The SMILES string of the molecule is N#Cc1ccc(S(=O)(=O)c2ccc(-n3c4c(c5ccccc5c5c4c4cc6ccccc6cc4n5-c4ccccc4)c4c5ccccc5c5c(c6cc7ccccc7cc6n5-c5ccccc5)c43)cc2)cc1. The molecule has 0 N–H and O–H groups in total. The molecule has 0 radical (unpaired) electrons. The van der Waals surface area contributed by atoms with Crippen molar-refractivity contribution >= 4 is 118 Å². The van der Waals surface area contributed by atoms with Gasteiger partial charge >= 0.3 is 0 Å². The van der Waals surface area contributed by atoms with E-state index >= 15 is 0 Å². The third-order valence-corrected chi connectivity index (χ3v) is 16.7. The number of rotatable bonds is 5. The van der Waals surface area contributed by atoms with E-state index in [0.717, 1.165) is 126 Å². The Morgan fingerprint density at radius 3 is 1.11 bits per heavy atom. The molecule has 0 aliphatic heterocycles. The number of aromatic nitrogens is 3. The molecule has 0 aliphatic carbocycles. The molecule has 12 aromatic carbocycles. The number of sulfone groups is 1. The molecular formula is C65H38N4O2S. The molecule has 0 unspecified atom stereocenters. The summed E-state index contributed by atoms with van der Waals surface area (Å²) in [6.07, 6.45) is 0. The predicted octanol–water partition coefficient (Wildman–Crippen LogP) is 16.3. The molecule has 0 amide bonds. The smallest absolute Gasteiger partial charge is 0.206 e. The van der Waals surface area contributed by atoms with Crippen molar-refractivity contribution in [2.45, 2.75) is 9.79 Å². The van der Waals surface area contributed by atoms with E-state index in [0.29, 0.717) is 5.56 Å². The van der Waals surface area contributed by atoms with Gasteiger partial charge in [0.15, 0.2) is 0 Å². The number of nitriles is 1. The van der Waals surface area contributed by atoms with Crippen molar-refractivity contribution in [1.29, 1.82) is 5.26 Å². The minimum Gasteiger partial charge on any atom is -0.309 e. The summed E-state index contributed by atoms with van der Waals surface area (Å²) in [6, 6.07) is 81.2. The highest BCUT2D eigenvalue weighted by Gasteiger charge is 2.30. The van der Waals surface area contributed by atoms with E-state index in [4.69, 9.17) is 0 Å². The Labute approximate surface area is 412 Å². The van der Waals surface area contributed by atoms with Crippen molar-refractivity contribution in [3.63, 3.8) is 0 Å². The maximum Gasteiger partial charge on any atom is 0.206 e. The summed E-state index contributed by atoms with van der Waals surface area (Å²) in [4.78, 5) is 0.302. The molecule has 0 spiro atoms. The van der Waals surface area contributed by atoms with Crippen LogP contribution in [0.4, 0.5) is 0 Å². The molecule has 0 saturated carbocycles. The van der Waals surface area contributed by atoms with E-state index in [1.165, 1.54) is 12.1 Å². The van der Waals surface area contributed by atoms with Gasteiger partial charge < -0.3 is 13.7 Å². The summed E-state index contributed by atoms with van der Waals surface area (Å²) < 4.78 is 36.1. The topological polar surface area (TPSA) is 72.7 Å². The van der Waals surface area contributed by atoms with Gasteiger partial charge in [0, 0.05) is 60.2 Å². The maximum absolute atomic E-state index is 14.4. The fourth-order valence-corrected chi connectivity index (χ4v) is 13.2. The summed E-state index contributed by atoms with van der Waals surface area (Å²) in [5.74, 6) is 0. The molecule has 0 saturated heterocycles. The van der Waals surface area contributed by atoms with Gasteiger partial charge in [-0.3, -0.25) is 0 Å². The average molecular weight is 939 g/mol. The van der Waals surface area contributed by atoms with Crippen LogP contribution in [0.2, 0.25) is 0 Å². The third kappa shape index (κ3) is 5.55. The molecule has 7 heteroatoms. The fraction of sp³-hybridized carbons (Fsp3) is 0. The van der Waals surface area contributed by atoms with Gasteiger partial charge in [-0.2, -0.15) is 5.26 Å². The number of hydrogen-bond acceptors (Lipinski definition) is 3. The summed E-state index contributed by atoms with van der Waals surface area (Å²) in [7, 11) is -3.94. The third-order valence-electron chi connectivity index (χ3n) is 14.9. The van der Waals surface area contributed by atoms with E-state index < -0.39 is 9.84 Å². The van der Waals surface area contributed by atoms with Crippen molar-refractivity contribution in [2.75, 3.05) is 0 Å². The van der Waals surface area contributed by atoms with Gasteiger partial charge in [-0.15, -0.1) is 0 Å². The molecule has 6 nitrogen and oxygen atoms in total. The quantitative estimate of drug-likeness (QED) is 0.173. The predicted molar refractivity (Wildman–Crippen MR) is 296 cm³/mol. The van der Waals surface area contributed by atoms with Gasteiger partial charge in [0.05, 0.1) is 54.5 Å². The van der Waals surface area contributed by atoms with Crippen LogP contribution in [0.3, 0.4) is 0 Å². The molecule has 0 bridgehead atoms. The van der Waals surface area contributed by atoms with E-state index in [2.05, 4.69) is 202 Å². The normalized spacial score (nSPS) is 12.3. The minimum atomic E-state index is -3.94. The van der Waals surface area contributed by atoms with Crippen LogP contribution < -0.4 is 0 Å². The van der Waals surface area contributed by atoms with Gasteiger partial charge in [-0.1, -0.05) is 133 Å². The molecule has 0 atom stereocenters. The van der Waals surface area contributed by atoms with Crippen LogP contribution in [-0.2, 0) is 9.84 Å². The molecular weight excluding hydrogens is 901 g/mol. The molecule has 336 valence electrons. The highest BCUT2D eigenvalue weighted by molar-refractivity contribution is 7.91. The van der Waals surface area contributed by atoms with Crippen LogP contribution in [0.25, 0.3) is 126 Å². The molecule has 3 heterocycles. The Hall–Kier alpha value is -9.48. The van der Waals surface area contributed by atoms with E-state index in [1.807, 2.05) is 12.1 Å². The van der Waals surface area contributed by atoms with Crippen LogP contribution in [0, 0.1) is 11.3 Å². The first-order valence-corrected chi connectivity index (χ1v) is 25.5. The first kappa shape index (κ1) is 40.4. The number of benzene rings is 12. The first-order chi connectivity index (χ1) is 35.5. The van der Waals surface area contributed by atoms with Crippen LogP contribution in [0.15, 0.2) is 240 Å². The lowest BCUT2D eigenvalue weighted by atomic mass is 9.95. The molecule has 3 aromatic heterocycles. The lowest BCUT2D eigenvalue weighted by Crippen LogP contribution is -2.03. The lowest BCUT2D eigenvalue weighted by molar-refractivity contribution is 0.596. The number of hydrogen-bond donors (Lipinski definition) is 0. The van der Waals surface area contributed by atoms with Crippen LogP contribution >= 0.6 is 0 Å². The van der Waals surface area contributed by atoms with Crippen molar-refractivity contribution in [3.8, 4) is 23.1 Å². The number of para-hydroxylation sites is 2. The van der Waals surface area contributed by atoms with E-state index in [9.17, 15) is 13.7 Å². The zero-order valence-corrected chi connectivity index (χ0v) is 39.3. The first-order valence-electron chi connectivity index (χ1n) is 24.1. The zero-order chi connectivity index (χ0) is 47.8. The Bertz CT molecular complexity index is 4720. The molecule has 0 fully saturated rings. The van der Waals surface area contributed by atoms with Crippen molar-refractivity contribution in [3.05, 3.63) is 236 Å². The van der Waals surface area contributed by atoms with Crippen LogP contribution in [0.1, 0.15) is 5.56 Å². The second kappa shape index (κ2) is 15.0. The zero-order valence-electron chi connectivity index (χ0n) is 38.5. The van der Waals surface area contributed by atoms with Crippen molar-refractivity contribution < 1.29 is 8.42 Å². The molecule has 72 heavy (non-hydrogen) atoms. The van der Waals surface area contributed by atoms with Crippen molar-refractivity contribution in [1.82, 2.24) is 13.7 Å². The van der Waals surface area contributed by atoms with Gasteiger partial charge in [0.2, 0.25) is 9.84 Å². The Balaban J connectivity index is 1.23. The largest absolute Gasteiger partial charge is 0.309 e. The van der Waals surface area contributed by atoms with Gasteiger partial charge in [0.1, 0.15) is 0 Å². The van der Waals surface area contributed by atoms with Crippen LogP contribution in [-0.4, -0.2) is 22.1 Å². The van der Waals surface area contributed by atoms with E-state index in [1.54, 1.807) is 24.3 Å². The second-order valence-corrected chi connectivity index (χ2v) is 20.7. The molecule has 15 rings (SSSR count). The highest BCUT2D eigenvalue weighted by Crippen LogP contribution is 2.53. The van der Waals surface area contributed by atoms with Gasteiger partial charge in [-0.05, 0) is 129 Å². The summed E-state index contributed by atoms with van der Waals surface area (Å²) in [5, 5.41) is 25.3. The fourth-order valence-electron chi connectivity index (χ4n) is 11.9. The molecule has 0 aliphatic rings. The monoisotopic (exact) mass is 938 g/mol. The van der Waals surface area contributed by atoms with Crippen molar-refractivity contribution in [2.24, 2.45) is 0 Å². The van der Waals surface area contributed by atoms with Gasteiger partial charge in [0.25, 0.3) is 0 Å². The summed E-state index contributed by atoms with van der Waals surface area (Å²) >= 11 is 0. The van der Waals surface area contributed by atoms with Crippen LogP contribution in [0.5, 0.6) is 0 Å². The Morgan fingerprint density at radius 2 is 0.681 bits per heavy atom. The Kier molecular flexibility index (Phi) is 8.42. The highest BCUT2D eigenvalue weighted by atomic mass is 32.2. The maximum atomic E-state index is 14.4. The number of nitrogens with zero attached hydrogens (tertiary/aromatic N) is 4. The Morgan fingerprint density at radius 1 is 0.319 bits per heavy atom. The summed E-state index contributed by atoms with van der Waals surface area (Å²) in [6.45, 7) is 0. The minimum absolute atomic E-state index is 0.134. The van der Waals surface area contributed by atoms with Gasteiger partial charge in [-0.25, -0.2) is 8.42 Å². The average Bonchev–Trinajstić information content (AvgIpc) is 4.09.